The molecule has 0 aliphatic carbocycles. The Morgan fingerprint density at radius 2 is 2.00 bits per heavy atom. The van der Waals surface area contributed by atoms with Crippen LogP contribution in [-0.4, -0.2) is 4.98 Å². The van der Waals surface area contributed by atoms with Gasteiger partial charge in [0.2, 0.25) is 0 Å². The molecule has 0 spiro atoms. The second-order valence-corrected chi connectivity index (χ2v) is 5.04. The molecule has 0 saturated heterocycles. The summed E-state index contributed by atoms with van der Waals surface area (Å²) in [6, 6.07) is 3.36. The van der Waals surface area contributed by atoms with E-state index in [-0.39, 0.29) is 5.56 Å². The number of halogens is 2. The summed E-state index contributed by atoms with van der Waals surface area (Å²) in [6.07, 6.45) is 0. The van der Waals surface area contributed by atoms with Crippen LogP contribution in [-0.2, 0) is 0 Å². The van der Waals surface area contributed by atoms with E-state index >= 15 is 0 Å². The zero-order valence-electron chi connectivity index (χ0n) is 9.50. The van der Waals surface area contributed by atoms with Gasteiger partial charge in [-0.1, -0.05) is 12.1 Å². The van der Waals surface area contributed by atoms with Crippen molar-refractivity contribution in [2.24, 2.45) is 5.73 Å². The molecule has 0 aliphatic rings. The number of aromatic nitrogens is 1. The molecule has 1 heterocycles. The smallest absolute Gasteiger partial charge is 0.163 e. The quantitative estimate of drug-likeness (QED) is 0.894. The number of hydrogen-bond donors (Lipinski definition) is 1. The zero-order chi connectivity index (χ0) is 12.6. The number of nitrogens with zero attached hydrogens (tertiary/aromatic N) is 1. The molecule has 2 nitrogen and oxygen atoms in total. The van der Waals surface area contributed by atoms with Gasteiger partial charge in [-0.05, 0) is 19.9 Å². The maximum atomic E-state index is 13.6. The lowest BCUT2D eigenvalue weighted by Gasteiger charge is -2.12. The first kappa shape index (κ1) is 12.1. The van der Waals surface area contributed by atoms with Gasteiger partial charge in [-0.2, -0.15) is 0 Å². The number of nitrogens with two attached hydrogens (primary N) is 1. The Morgan fingerprint density at radius 1 is 1.29 bits per heavy atom. The van der Waals surface area contributed by atoms with Crippen LogP contribution in [0.4, 0.5) is 8.78 Å². The van der Waals surface area contributed by atoms with Crippen molar-refractivity contribution in [2.75, 3.05) is 0 Å². The Bertz CT molecular complexity index is 551. The average Bonchev–Trinajstić information content (AvgIpc) is 2.61. The van der Waals surface area contributed by atoms with Crippen LogP contribution in [0.3, 0.4) is 0 Å². The molecule has 90 valence electrons. The van der Waals surface area contributed by atoms with E-state index in [1.54, 1.807) is 0 Å². The van der Waals surface area contributed by atoms with E-state index in [2.05, 4.69) is 4.98 Å². The molecule has 1 unspecified atom stereocenters. The minimum atomic E-state index is -0.884. The van der Waals surface area contributed by atoms with E-state index in [0.717, 1.165) is 21.6 Å². The summed E-state index contributed by atoms with van der Waals surface area (Å²) >= 11 is 1.41. The molecular weight excluding hydrogens is 242 g/mol. The van der Waals surface area contributed by atoms with Gasteiger partial charge in [0, 0.05) is 10.4 Å². The topological polar surface area (TPSA) is 38.9 Å². The molecule has 0 aliphatic heterocycles. The van der Waals surface area contributed by atoms with E-state index in [1.807, 2.05) is 13.8 Å². The van der Waals surface area contributed by atoms with Gasteiger partial charge in [0.15, 0.2) is 11.6 Å². The Labute approximate surface area is 102 Å². The number of benzene rings is 1. The molecule has 0 amide bonds. The van der Waals surface area contributed by atoms with Crippen LogP contribution < -0.4 is 5.73 Å². The van der Waals surface area contributed by atoms with Crippen molar-refractivity contribution in [1.82, 2.24) is 4.98 Å². The second kappa shape index (κ2) is 4.50. The highest BCUT2D eigenvalue weighted by atomic mass is 32.1. The van der Waals surface area contributed by atoms with Crippen LogP contribution in [0.1, 0.15) is 27.2 Å². The SMILES string of the molecule is Cc1nc(C)c(C(N)c2cccc(F)c2F)s1. The van der Waals surface area contributed by atoms with Crippen LogP contribution in [0, 0.1) is 25.5 Å². The van der Waals surface area contributed by atoms with Gasteiger partial charge >= 0.3 is 0 Å². The molecule has 2 N–H and O–H groups in total. The normalized spacial score (nSPS) is 12.8. The van der Waals surface area contributed by atoms with E-state index in [9.17, 15) is 8.78 Å². The van der Waals surface area contributed by atoms with Gasteiger partial charge in [-0.15, -0.1) is 11.3 Å². The average molecular weight is 254 g/mol. The number of hydrogen-bond acceptors (Lipinski definition) is 3. The largest absolute Gasteiger partial charge is 0.319 e. The Hall–Kier alpha value is -1.33. The van der Waals surface area contributed by atoms with Crippen LogP contribution in [0.25, 0.3) is 0 Å². The molecule has 1 atom stereocenters. The van der Waals surface area contributed by atoms with Crippen molar-refractivity contribution in [1.29, 1.82) is 0 Å². The minimum Gasteiger partial charge on any atom is -0.319 e. The van der Waals surface area contributed by atoms with Crippen LogP contribution in [0.5, 0.6) is 0 Å². The fourth-order valence-corrected chi connectivity index (χ4v) is 2.69. The first-order valence-corrected chi connectivity index (χ1v) is 5.95. The van der Waals surface area contributed by atoms with Gasteiger partial charge in [0.1, 0.15) is 0 Å². The number of thiazole rings is 1. The maximum absolute atomic E-state index is 13.6. The molecule has 17 heavy (non-hydrogen) atoms. The summed E-state index contributed by atoms with van der Waals surface area (Å²) < 4.78 is 26.7. The van der Waals surface area contributed by atoms with E-state index in [4.69, 9.17) is 5.73 Å². The fraction of sp³-hybridized carbons (Fsp3) is 0.250. The summed E-state index contributed by atoms with van der Waals surface area (Å²) in [4.78, 5) is 5.00. The van der Waals surface area contributed by atoms with Crippen molar-refractivity contribution in [3.63, 3.8) is 0 Å². The van der Waals surface area contributed by atoms with Crippen molar-refractivity contribution in [3.8, 4) is 0 Å². The summed E-state index contributed by atoms with van der Waals surface area (Å²) in [5.74, 6) is -1.76. The van der Waals surface area contributed by atoms with E-state index < -0.39 is 17.7 Å². The Kier molecular flexibility index (Phi) is 3.22. The molecule has 1 aromatic heterocycles. The second-order valence-electron chi connectivity index (χ2n) is 3.80. The summed E-state index contributed by atoms with van der Waals surface area (Å²) in [7, 11) is 0. The van der Waals surface area contributed by atoms with E-state index in [1.165, 1.54) is 23.5 Å². The van der Waals surface area contributed by atoms with Crippen LogP contribution in [0.2, 0.25) is 0 Å². The first-order chi connectivity index (χ1) is 8.00. The third-order valence-corrected chi connectivity index (χ3v) is 3.69. The highest BCUT2D eigenvalue weighted by molar-refractivity contribution is 7.11. The molecule has 0 radical (unpaired) electrons. The van der Waals surface area contributed by atoms with Gasteiger partial charge < -0.3 is 5.73 Å². The van der Waals surface area contributed by atoms with Gasteiger partial charge in [-0.3, -0.25) is 0 Å². The third-order valence-electron chi connectivity index (χ3n) is 2.54. The molecule has 0 bridgehead atoms. The standard InChI is InChI=1S/C12H12F2N2S/c1-6-12(17-7(2)16-6)11(15)8-4-3-5-9(13)10(8)14/h3-5,11H,15H2,1-2H3. The van der Waals surface area contributed by atoms with Gasteiger partial charge in [0.05, 0.1) is 16.7 Å². The number of rotatable bonds is 2. The summed E-state index contributed by atoms with van der Waals surface area (Å²) in [6.45, 7) is 3.67. The predicted molar refractivity (Wildman–Crippen MR) is 64.0 cm³/mol. The molecule has 5 heteroatoms. The van der Waals surface area contributed by atoms with Crippen LogP contribution in [0.15, 0.2) is 18.2 Å². The molecule has 2 rings (SSSR count). The third kappa shape index (κ3) is 2.21. The molecule has 2 aromatic rings. The zero-order valence-corrected chi connectivity index (χ0v) is 10.3. The lowest BCUT2D eigenvalue weighted by atomic mass is 10.0. The van der Waals surface area contributed by atoms with Crippen molar-refractivity contribution in [3.05, 3.63) is 51.0 Å². The summed E-state index contributed by atoms with van der Waals surface area (Å²) in [5.41, 5.74) is 6.89. The minimum absolute atomic E-state index is 0.164. The molecule has 0 fully saturated rings. The monoisotopic (exact) mass is 254 g/mol. The lowest BCUT2D eigenvalue weighted by Crippen LogP contribution is -2.14. The fourth-order valence-electron chi connectivity index (χ4n) is 1.74. The lowest BCUT2D eigenvalue weighted by molar-refractivity contribution is 0.495. The maximum Gasteiger partial charge on any atom is 0.163 e. The van der Waals surface area contributed by atoms with Gasteiger partial charge in [0.25, 0.3) is 0 Å². The molecule has 1 aromatic carbocycles. The highest BCUT2D eigenvalue weighted by Crippen LogP contribution is 2.29. The Morgan fingerprint density at radius 3 is 2.59 bits per heavy atom. The van der Waals surface area contributed by atoms with Crippen molar-refractivity contribution in [2.45, 2.75) is 19.9 Å². The summed E-state index contributed by atoms with van der Waals surface area (Å²) in [5, 5.41) is 0.866. The van der Waals surface area contributed by atoms with Gasteiger partial charge in [-0.25, -0.2) is 13.8 Å². The Balaban J connectivity index is 2.47. The highest BCUT2D eigenvalue weighted by Gasteiger charge is 2.20. The molecular formula is C12H12F2N2S. The van der Waals surface area contributed by atoms with Crippen LogP contribution >= 0.6 is 11.3 Å². The first-order valence-electron chi connectivity index (χ1n) is 5.14. The van der Waals surface area contributed by atoms with E-state index in [0.29, 0.717) is 0 Å². The van der Waals surface area contributed by atoms with Crippen molar-refractivity contribution >= 4 is 11.3 Å². The van der Waals surface area contributed by atoms with Crippen molar-refractivity contribution < 1.29 is 8.78 Å². The predicted octanol–water partition coefficient (Wildman–Crippen LogP) is 3.09. The number of aryl methyl sites for hydroxylation is 2. The molecule has 0 saturated carbocycles.